The molecule has 3 aromatic rings. The summed E-state index contributed by atoms with van der Waals surface area (Å²) in [5.41, 5.74) is 1.35. The van der Waals surface area contributed by atoms with Gasteiger partial charge in [0, 0.05) is 25.1 Å². The molecule has 6 nitrogen and oxygen atoms in total. The molecule has 0 unspecified atom stereocenters. The summed E-state index contributed by atoms with van der Waals surface area (Å²) < 4.78 is 26.5. The molecular weight excluding hydrogens is 374 g/mol. The van der Waals surface area contributed by atoms with Crippen LogP contribution in [0.2, 0.25) is 0 Å². The molecule has 3 rings (SSSR count). The number of rotatable bonds is 7. The average Bonchev–Trinajstić information content (AvgIpc) is 2.72. The van der Waals surface area contributed by atoms with Gasteiger partial charge in [0.05, 0.1) is 11.0 Å². The molecule has 0 atom stereocenters. The predicted molar refractivity (Wildman–Crippen MR) is 107 cm³/mol. The van der Waals surface area contributed by atoms with E-state index in [2.05, 4.69) is 10.0 Å². The topological polar surface area (TPSA) is 99.1 Å². The quantitative estimate of drug-likeness (QED) is 0.603. The smallest absolute Gasteiger partial charge is 0.251 e. The zero-order valence-corrected chi connectivity index (χ0v) is 15.9. The van der Waals surface area contributed by atoms with Crippen molar-refractivity contribution < 1.29 is 13.2 Å². The zero-order chi connectivity index (χ0) is 20.0. The van der Waals surface area contributed by atoms with Crippen LogP contribution in [-0.4, -0.2) is 20.9 Å². The standard InChI is InChI=1S/C21H19N3O3S/c22-12-3-13-24-28(26,27)20-10-8-18(9-11-20)21(25)23-15-16-6-7-17-4-1-2-5-19(17)14-16/h1-2,4-11,14,24H,3,13,15H2,(H,23,25). The van der Waals surface area contributed by atoms with Gasteiger partial charge in [-0.1, -0.05) is 36.4 Å². The SMILES string of the molecule is N#CCCNS(=O)(=O)c1ccc(C(=O)NCc2ccc3ccccc3c2)cc1. The largest absolute Gasteiger partial charge is 0.348 e. The molecule has 3 aromatic carbocycles. The van der Waals surface area contributed by atoms with Crippen molar-refractivity contribution in [3.63, 3.8) is 0 Å². The summed E-state index contributed by atoms with van der Waals surface area (Å²) in [6, 6.07) is 21.6. The highest BCUT2D eigenvalue weighted by Crippen LogP contribution is 2.16. The number of nitrogens with one attached hydrogen (secondary N) is 2. The van der Waals surface area contributed by atoms with E-state index in [4.69, 9.17) is 5.26 Å². The van der Waals surface area contributed by atoms with Gasteiger partial charge >= 0.3 is 0 Å². The number of hydrogen-bond donors (Lipinski definition) is 2. The summed E-state index contributed by atoms with van der Waals surface area (Å²) in [5.74, 6) is -0.283. The maximum atomic E-state index is 12.3. The van der Waals surface area contributed by atoms with E-state index in [1.165, 1.54) is 24.3 Å². The van der Waals surface area contributed by atoms with Crippen molar-refractivity contribution in [2.24, 2.45) is 0 Å². The number of carbonyl (C=O) groups excluding carboxylic acids is 1. The van der Waals surface area contributed by atoms with Crippen LogP contribution < -0.4 is 10.0 Å². The van der Waals surface area contributed by atoms with E-state index < -0.39 is 10.0 Å². The van der Waals surface area contributed by atoms with Crippen LogP contribution in [0.3, 0.4) is 0 Å². The Bertz CT molecular complexity index is 1130. The molecule has 0 fully saturated rings. The fourth-order valence-electron chi connectivity index (χ4n) is 2.74. The lowest BCUT2D eigenvalue weighted by atomic mass is 10.1. The number of sulfonamides is 1. The third kappa shape index (κ3) is 4.74. The van der Waals surface area contributed by atoms with Crippen LogP contribution in [-0.2, 0) is 16.6 Å². The number of hydrogen-bond acceptors (Lipinski definition) is 4. The maximum Gasteiger partial charge on any atom is 0.251 e. The van der Waals surface area contributed by atoms with Crippen LogP contribution >= 0.6 is 0 Å². The third-order valence-corrected chi connectivity index (χ3v) is 5.70. The molecule has 0 aliphatic rings. The number of nitrogens with zero attached hydrogens (tertiary/aromatic N) is 1. The van der Waals surface area contributed by atoms with Crippen molar-refractivity contribution in [1.29, 1.82) is 5.26 Å². The van der Waals surface area contributed by atoms with Crippen LogP contribution in [0, 0.1) is 11.3 Å². The summed E-state index contributed by atoms with van der Waals surface area (Å²) in [5, 5.41) is 13.6. The highest BCUT2D eigenvalue weighted by molar-refractivity contribution is 7.89. The predicted octanol–water partition coefficient (Wildman–Crippen LogP) is 2.96. The van der Waals surface area contributed by atoms with Gasteiger partial charge < -0.3 is 5.32 Å². The Morgan fingerprint density at radius 1 is 0.964 bits per heavy atom. The Morgan fingerprint density at radius 2 is 1.68 bits per heavy atom. The Balaban J connectivity index is 1.63. The van der Waals surface area contributed by atoms with E-state index in [0.29, 0.717) is 12.1 Å². The molecule has 0 aromatic heterocycles. The van der Waals surface area contributed by atoms with Gasteiger partial charge in [-0.15, -0.1) is 0 Å². The van der Waals surface area contributed by atoms with E-state index >= 15 is 0 Å². The van der Waals surface area contributed by atoms with Gasteiger partial charge in [-0.25, -0.2) is 13.1 Å². The molecule has 0 spiro atoms. The average molecular weight is 393 g/mol. The van der Waals surface area contributed by atoms with Crippen molar-refractivity contribution in [2.75, 3.05) is 6.54 Å². The van der Waals surface area contributed by atoms with Crippen LogP contribution in [0.5, 0.6) is 0 Å². The maximum absolute atomic E-state index is 12.3. The molecular formula is C21H19N3O3S. The highest BCUT2D eigenvalue weighted by atomic mass is 32.2. The number of carbonyl (C=O) groups is 1. The first-order chi connectivity index (χ1) is 13.5. The van der Waals surface area contributed by atoms with Gasteiger partial charge in [0.25, 0.3) is 5.91 Å². The van der Waals surface area contributed by atoms with Gasteiger partial charge in [0.15, 0.2) is 0 Å². The van der Waals surface area contributed by atoms with Gasteiger partial charge in [-0.3, -0.25) is 4.79 Å². The first-order valence-electron chi connectivity index (χ1n) is 8.72. The molecule has 1 amide bonds. The Labute approximate surface area is 163 Å². The molecule has 0 saturated carbocycles. The lowest BCUT2D eigenvalue weighted by Crippen LogP contribution is -2.25. The van der Waals surface area contributed by atoms with Crippen molar-refractivity contribution >= 4 is 26.7 Å². The van der Waals surface area contributed by atoms with Crippen molar-refractivity contribution in [3.05, 3.63) is 77.9 Å². The monoisotopic (exact) mass is 393 g/mol. The first-order valence-corrected chi connectivity index (χ1v) is 10.2. The minimum Gasteiger partial charge on any atom is -0.348 e. The second-order valence-corrected chi connectivity index (χ2v) is 7.96. The van der Waals surface area contributed by atoms with Crippen LogP contribution in [0.25, 0.3) is 10.8 Å². The fraction of sp³-hybridized carbons (Fsp3) is 0.143. The Hall–Kier alpha value is -3.21. The van der Waals surface area contributed by atoms with Crippen LogP contribution in [0.15, 0.2) is 71.6 Å². The molecule has 28 heavy (non-hydrogen) atoms. The molecule has 7 heteroatoms. The molecule has 0 heterocycles. The van der Waals surface area contributed by atoms with E-state index in [1.54, 1.807) is 0 Å². The lowest BCUT2D eigenvalue weighted by molar-refractivity contribution is 0.0951. The van der Waals surface area contributed by atoms with Gasteiger partial charge in [0.1, 0.15) is 0 Å². The summed E-state index contributed by atoms with van der Waals surface area (Å²) in [7, 11) is -3.68. The van der Waals surface area contributed by atoms with Gasteiger partial charge in [-0.2, -0.15) is 5.26 Å². The van der Waals surface area contributed by atoms with Crippen molar-refractivity contribution in [1.82, 2.24) is 10.0 Å². The van der Waals surface area contributed by atoms with E-state index in [9.17, 15) is 13.2 Å². The van der Waals surface area contributed by atoms with Gasteiger partial charge in [0.2, 0.25) is 10.0 Å². The lowest BCUT2D eigenvalue weighted by Gasteiger charge is -2.08. The number of benzene rings is 3. The molecule has 2 N–H and O–H groups in total. The summed E-state index contributed by atoms with van der Waals surface area (Å²) in [4.78, 5) is 12.4. The second-order valence-electron chi connectivity index (χ2n) is 6.19. The van der Waals surface area contributed by atoms with Crippen molar-refractivity contribution in [3.8, 4) is 6.07 Å². The molecule has 142 valence electrons. The highest BCUT2D eigenvalue weighted by Gasteiger charge is 2.14. The number of nitriles is 1. The summed E-state index contributed by atoms with van der Waals surface area (Å²) in [6.07, 6.45) is 0.0918. The first kappa shape index (κ1) is 19.5. The summed E-state index contributed by atoms with van der Waals surface area (Å²) in [6.45, 7) is 0.423. The Kier molecular flexibility index (Phi) is 6.04. The zero-order valence-electron chi connectivity index (χ0n) is 15.1. The van der Waals surface area contributed by atoms with E-state index in [-0.39, 0.29) is 23.8 Å². The molecule has 0 bridgehead atoms. The van der Waals surface area contributed by atoms with Crippen LogP contribution in [0.4, 0.5) is 0 Å². The minimum atomic E-state index is -3.68. The van der Waals surface area contributed by atoms with Gasteiger partial charge in [-0.05, 0) is 46.7 Å². The van der Waals surface area contributed by atoms with Crippen LogP contribution in [0.1, 0.15) is 22.3 Å². The van der Waals surface area contributed by atoms with E-state index in [0.717, 1.165) is 16.3 Å². The Morgan fingerprint density at radius 3 is 2.39 bits per heavy atom. The third-order valence-electron chi connectivity index (χ3n) is 4.22. The number of fused-ring (bicyclic) bond motifs is 1. The molecule has 0 aliphatic heterocycles. The molecule has 0 aliphatic carbocycles. The minimum absolute atomic E-state index is 0.0484. The molecule has 0 saturated heterocycles. The molecule has 0 radical (unpaired) electrons. The summed E-state index contributed by atoms with van der Waals surface area (Å²) >= 11 is 0. The fourth-order valence-corrected chi connectivity index (χ4v) is 3.78. The van der Waals surface area contributed by atoms with E-state index in [1.807, 2.05) is 48.5 Å². The number of amides is 1. The van der Waals surface area contributed by atoms with Crippen molar-refractivity contribution in [2.45, 2.75) is 17.9 Å². The normalized spacial score (nSPS) is 11.1. The second kappa shape index (κ2) is 8.65.